The molecule has 0 radical (unpaired) electrons. The number of rotatable bonds is 3. The van der Waals surface area contributed by atoms with Gasteiger partial charge in [0, 0.05) is 6.04 Å². The van der Waals surface area contributed by atoms with Crippen molar-refractivity contribution >= 4 is 24.0 Å². The van der Waals surface area contributed by atoms with Gasteiger partial charge in [0.15, 0.2) is 0 Å². The van der Waals surface area contributed by atoms with Crippen LogP contribution in [0.15, 0.2) is 18.2 Å². The fourth-order valence-electron chi connectivity index (χ4n) is 1.84. The third kappa shape index (κ3) is 3.77. The summed E-state index contributed by atoms with van der Waals surface area (Å²) >= 11 is 5.54. The Morgan fingerprint density at radius 1 is 1.33 bits per heavy atom. The number of alkyl halides is 3. The summed E-state index contributed by atoms with van der Waals surface area (Å²) in [7, 11) is 0. The normalized spacial score (nSPS) is 17.2. The molecule has 1 nitrogen and oxygen atoms in total. The zero-order chi connectivity index (χ0) is 12.6. The Bertz CT molecular complexity index is 416. The maximum Gasteiger partial charge on any atom is 0.417 e. The van der Waals surface area contributed by atoms with Gasteiger partial charge in [-0.15, -0.1) is 12.4 Å². The van der Waals surface area contributed by atoms with E-state index in [1.807, 2.05) is 0 Å². The Kier molecular flexibility index (Phi) is 4.92. The van der Waals surface area contributed by atoms with E-state index in [9.17, 15) is 13.2 Å². The third-order valence-electron chi connectivity index (χ3n) is 3.01. The second kappa shape index (κ2) is 5.68. The highest BCUT2D eigenvalue weighted by Crippen LogP contribution is 2.39. The molecule has 0 saturated heterocycles. The van der Waals surface area contributed by atoms with Gasteiger partial charge in [-0.1, -0.05) is 30.5 Å². The van der Waals surface area contributed by atoms with Gasteiger partial charge in [-0.3, -0.25) is 0 Å². The van der Waals surface area contributed by atoms with Crippen molar-refractivity contribution in [2.45, 2.75) is 31.5 Å². The van der Waals surface area contributed by atoms with Gasteiger partial charge in [0.1, 0.15) is 0 Å². The topological polar surface area (TPSA) is 26.0 Å². The Morgan fingerprint density at radius 2 is 1.94 bits per heavy atom. The van der Waals surface area contributed by atoms with Crippen LogP contribution in [-0.2, 0) is 6.18 Å². The standard InChI is InChI=1S/C12H13ClF3N.ClH/c13-10-4-3-8(6-9(10)12(14,15)16)11(17)5-7-1-2-7;/h3-4,6-7,11H,1-2,5,17H2;1H/t11-;/m0./s1. The third-order valence-corrected chi connectivity index (χ3v) is 3.34. The molecule has 0 aromatic heterocycles. The van der Waals surface area contributed by atoms with Crippen molar-refractivity contribution in [3.63, 3.8) is 0 Å². The van der Waals surface area contributed by atoms with Crippen molar-refractivity contribution in [2.24, 2.45) is 11.7 Å². The molecule has 0 amide bonds. The van der Waals surface area contributed by atoms with Crippen molar-refractivity contribution in [3.8, 4) is 0 Å². The molecule has 1 saturated carbocycles. The van der Waals surface area contributed by atoms with Crippen molar-refractivity contribution < 1.29 is 13.2 Å². The van der Waals surface area contributed by atoms with Crippen LogP contribution in [0.3, 0.4) is 0 Å². The van der Waals surface area contributed by atoms with Gasteiger partial charge < -0.3 is 5.73 Å². The van der Waals surface area contributed by atoms with Gasteiger partial charge in [-0.2, -0.15) is 13.2 Å². The Hall–Kier alpha value is -0.450. The lowest BCUT2D eigenvalue weighted by Crippen LogP contribution is -2.13. The van der Waals surface area contributed by atoms with Crippen molar-refractivity contribution in [3.05, 3.63) is 34.3 Å². The summed E-state index contributed by atoms with van der Waals surface area (Å²) in [6.07, 6.45) is -1.41. The van der Waals surface area contributed by atoms with Gasteiger partial charge in [0.2, 0.25) is 0 Å². The highest BCUT2D eigenvalue weighted by Gasteiger charge is 2.34. The number of hydrogen-bond donors (Lipinski definition) is 1. The van der Waals surface area contributed by atoms with Crippen LogP contribution < -0.4 is 5.73 Å². The summed E-state index contributed by atoms with van der Waals surface area (Å²) in [4.78, 5) is 0. The average Bonchev–Trinajstić information content (AvgIpc) is 3.00. The minimum absolute atomic E-state index is 0. The van der Waals surface area contributed by atoms with Crippen molar-refractivity contribution in [1.29, 1.82) is 0 Å². The summed E-state index contributed by atoms with van der Waals surface area (Å²) in [6.45, 7) is 0. The fraction of sp³-hybridized carbons (Fsp3) is 0.500. The minimum Gasteiger partial charge on any atom is -0.324 e. The lowest BCUT2D eigenvalue weighted by molar-refractivity contribution is -0.137. The summed E-state index contributed by atoms with van der Waals surface area (Å²) in [5.74, 6) is 0.579. The first-order valence-corrected chi connectivity index (χ1v) is 5.88. The highest BCUT2D eigenvalue weighted by atomic mass is 35.5. The van der Waals surface area contributed by atoms with E-state index in [1.165, 1.54) is 6.07 Å². The Morgan fingerprint density at radius 3 is 2.44 bits per heavy atom. The van der Waals surface area contributed by atoms with Crippen LogP contribution in [0, 0.1) is 5.92 Å². The van der Waals surface area contributed by atoms with Crippen LogP contribution in [0.1, 0.15) is 36.4 Å². The van der Waals surface area contributed by atoms with Crippen LogP contribution in [0.25, 0.3) is 0 Å². The largest absolute Gasteiger partial charge is 0.417 e. The first-order chi connectivity index (χ1) is 7.88. The molecule has 0 aliphatic heterocycles. The SMILES string of the molecule is Cl.N[C@@H](CC1CC1)c1ccc(Cl)c(C(F)(F)F)c1. The van der Waals surface area contributed by atoms with E-state index in [-0.39, 0.29) is 23.5 Å². The van der Waals surface area contributed by atoms with Crippen molar-refractivity contribution in [1.82, 2.24) is 0 Å². The molecule has 18 heavy (non-hydrogen) atoms. The summed E-state index contributed by atoms with van der Waals surface area (Å²) in [5, 5.41) is -0.278. The van der Waals surface area contributed by atoms with E-state index < -0.39 is 11.7 Å². The molecule has 102 valence electrons. The van der Waals surface area contributed by atoms with Gasteiger partial charge in [0.05, 0.1) is 10.6 Å². The van der Waals surface area contributed by atoms with Gasteiger partial charge in [0.25, 0.3) is 0 Å². The average molecular weight is 300 g/mol. The van der Waals surface area contributed by atoms with Crippen LogP contribution in [0.5, 0.6) is 0 Å². The number of hydrogen-bond acceptors (Lipinski definition) is 1. The van der Waals surface area contributed by atoms with Gasteiger partial charge in [-0.25, -0.2) is 0 Å². The molecule has 1 aromatic carbocycles. The molecule has 6 heteroatoms. The predicted molar refractivity (Wildman–Crippen MR) is 68.0 cm³/mol. The molecule has 0 unspecified atom stereocenters. The highest BCUT2D eigenvalue weighted by molar-refractivity contribution is 6.31. The predicted octanol–water partition coefficient (Wildman–Crippen LogP) is 4.58. The van der Waals surface area contributed by atoms with Crippen molar-refractivity contribution in [2.75, 3.05) is 0 Å². The Labute approximate surface area is 115 Å². The van der Waals surface area contributed by atoms with E-state index in [4.69, 9.17) is 17.3 Å². The van der Waals surface area contributed by atoms with E-state index in [0.29, 0.717) is 11.5 Å². The molecule has 0 bridgehead atoms. The lowest BCUT2D eigenvalue weighted by Gasteiger charge is -2.15. The molecule has 1 aliphatic rings. The van der Waals surface area contributed by atoms with E-state index in [1.54, 1.807) is 6.07 Å². The second-order valence-corrected chi connectivity index (χ2v) is 4.93. The van der Waals surface area contributed by atoms with Crippen LogP contribution in [0.4, 0.5) is 13.2 Å². The summed E-state index contributed by atoms with van der Waals surface area (Å²) < 4.78 is 37.9. The number of nitrogens with two attached hydrogens (primary N) is 1. The molecule has 2 N–H and O–H groups in total. The maximum atomic E-state index is 12.6. The van der Waals surface area contributed by atoms with Crippen LogP contribution in [0.2, 0.25) is 5.02 Å². The molecule has 1 atom stereocenters. The van der Waals surface area contributed by atoms with Gasteiger partial charge >= 0.3 is 6.18 Å². The molecular weight excluding hydrogens is 286 g/mol. The summed E-state index contributed by atoms with van der Waals surface area (Å²) in [5.41, 5.74) is 5.59. The fourth-order valence-corrected chi connectivity index (χ4v) is 2.06. The monoisotopic (exact) mass is 299 g/mol. The van der Waals surface area contributed by atoms with Crippen LogP contribution in [-0.4, -0.2) is 0 Å². The quantitative estimate of drug-likeness (QED) is 0.868. The molecule has 1 aliphatic carbocycles. The molecular formula is C12H14Cl2F3N. The summed E-state index contributed by atoms with van der Waals surface area (Å²) in [6, 6.07) is 3.58. The van der Waals surface area contributed by atoms with E-state index in [2.05, 4.69) is 0 Å². The zero-order valence-corrected chi connectivity index (χ0v) is 11.1. The van der Waals surface area contributed by atoms with Gasteiger partial charge in [-0.05, 0) is 30.0 Å². The lowest BCUT2D eigenvalue weighted by atomic mass is 10.00. The Balaban J connectivity index is 0.00000162. The molecule has 2 rings (SSSR count). The van der Waals surface area contributed by atoms with Crippen LogP contribution >= 0.6 is 24.0 Å². The number of halogens is 5. The smallest absolute Gasteiger partial charge is 0.324 e. The molecule has 0 spiro atoms. The van der Waals surface area contributed by atoms with E-state index >= 15 is 0 Å². The maximum absolute atomic E-state index is 12.6. The molecule has 1 aromatic rings. The minimum atomic E-state index is -4.42. The van der Waals surface area contributed by atoms with E-state index in [0.717, 1.165) is 25.3 Å². The second-order valence-electron chi connectivity index (χ2n) is 4.52. The first kappa shape index (κ1) is 15.6. The zero-order valence-electron chi connectivity index (χ0n) is 9.51. The number of benzene rings is 1. The molecule has 1 fully saturated rings. The molecule has 0 heterocycles. The first-order valence-electron chi connectivity index (χ1n) is 5.50.